The van der Waals surface area contributed by atoms with Gasteiger partial charge in [-0.2, -0.15) is 0 Å². The second-order valence-electron chi connectivity index (χ2n) is 9.01. The number of hydrogen-bond acceptors (Lipinski definition) is 2. The zero-order chi connectivity index (χ0) is 21.6. The Labute approximate surface area is 185 Å². The molecule has 3 N–H and O–H groups in total. The van der Waals surface area contributed by atoms with Gasteiger partial charge >= 0.3 is 0 Å². The molecule has 168 valence electrons. The monoisotopic (exact) mass is 423 g/mol. The Hall–Kier alpha value is -2.50. The molecule has 0 radical (unpaired) electrons. The van der Waals surface area contributed by atoms with E-state index in [9.17, 15) is 4.79 Å². The highest BCUT2D eigenvalue weighted by Gasteiger charge is 2.31. The Bertz CT molecular complexity index is 912. The van der Waals surface area contributed by atoms with Crippen LogP contribution in [0.2, 0.25) is 0 Å². The maximum atomic E-state index is 12.8. The first kappa shape index (κ1) is 21.7. The van der Waals surface area contributed by atoms with Crippen molar-refractivity contribution in [3.63, 3.8) is 0 Å². The fourth-order valence-electron chi connectivity index (χ4n) is 5.17. The highest BCUT2D eigenvalue weighted by atomic mass is 16.2. The predicted octanol–water partition coefficient (Wildman–Crippen LogP) is 3.62. The molecular weight excluding hydrogens is 386 g/mol. The number of rotatable bonds is 6. The van der Waals surface area contributed by atoms with Gasteiger partial charge in [0.05, 0.1) is 0 Å². The highest BCUT2D eigenvalue weighted by Crippen LogP contribution is 2.27. The molecule has 2 aliphatic rings. The first-order valence-corrected chi connectivity index (χ1v) is 12.0. The van der Waals surface area contributed by atoms with Crippen molar-refractivity contribution in [2.24, 2.45) is 10.9 Å². The van der Waals surface area contributed by atoms with Gasteiger partial charge in [0, 0.05) is 55.7 Å². The van der Waals surface area contributed by atoms with Gasteiger partial charge in [-0.15, -0.1) is 0 Å². The van der Waals surface area contributed by atoms with Crippen LogP contribution < -0.4 is 10.6 Å². The second kappa shape index (κ2) is 10.2. The van der Waals surface area contributed by atoms with Gasteiger partial charge in [0.1, 0.15) is 0 Å². The van der Waals surface area contributed by atoms with Crippen molar-refractivity contribution in [2.45, 2.75) is 64.3 Å². The number of aliphatic imine (C=N–C) groups is 1. The quantitative estimate of drug-likeness (QED) is 0.491. The second-order valence-corrected chi connectivity index (χ2v) is 9.01. The number of benzene rings is 1. The molecule has 1 atom stereocenters. The van der Waals surface area contributed by atoms with E-state index in [1.165, 1.54) is 41.3 Å². The smallest absolute Gasteiger partial charge is 0.225 e. The molecule has 31 heavy (non-hydrogen) atoms. The third-order valence-electron chi connectivity index (χ3n) is 6.97. The number of carbonyl (C=O) groups is 1. The van der Waals surface area contributed by atoms with Gasteiger partial charge in [0.2, 0.25) is 5.91 Å². The van der Waals surface area contributed by atoms with Crippen LogP contribution in [-0.2, 0) is 17.6 Å². The van der Waals surface area contributed by atoms with E-state index in [0.29, 0.717) is 5.91 Å². The summed E-state index contributed by atoms with van der Waals surface area (Å²) in [6.45, 7) is 4.66. The molecule has 1 aromatic heterocycles. The number of likely N-dealkylation sites (tertiary alicyclic amines) is 1. The Kier molecular flexibility index (Phi) is 7.15. The van der Waals surface area contributed by atoms with Gasteiger partial charge in [0.25, 0.3) is 0 Å². The molecular formula is C25H37N5O. The Balaban J connectivity index is 1.25. The fourth-order valence-corrected chi connectivity index (χ4v) is 5.17. The molecule has 4 rings (SSSR count). The molecule has 1 aliphatic heterocycles. The van der Waals surface area contributed by atoms with Crippen LogP contribution in [0.4, 0.5) is 0 Å². The summed E-state index contributed by atoms with van der Waals surface area (Å²) >= 11 is 0. The van der Waals surface area contributed by atoms with Crippen LogP contribution in [0.3, 0.4) is 0 Å². The van der Waals surface area contributed by atoms with Crippen molar-refractivity contribution in [3.8, 4) is 0 Å². The summed E-state index contributed by atoms with van der Waals surface area (Å²) in [5.41, 5.74) is 3.96. The minimum absolute atomic E-state index is 0.259. The van der Waals surface area contributed by atoms with Crippen LogP contribution in [0, 0.1) is 5.92 Å². The lowest BCUT2D eigenvalue weighted by Gasteiger charge is -2.26. The number of nitrogens with zero attached hydrogens (tertiary/aromatic N) is 2. The number of H-pyrrole nitrogens is 1. The molecule has 0 bridgehead atoms. The number of amides is 1. The molecule has 2 heterocycles. The first-order valence-electron chi connectivity index (χ1n) is 12.0. The number of aromatic nitrogens is 1. The normalized spacial score (nSPS) is 20.4. The van der Waals surface area contributed by atoms with Crippen LogP contribution in [-0.4, -0.2) is 54.5 Å². The van der Waals surface area contributed by atoms with E-state index in [4.69, 9.17) is 0 Å². The number of nitrogens with one attached hydrogen (secondary N) is 3. The van der Waals surface area contributed by atoms with Gasteiger partial charge in [-0.1, -0.05) is 44.4 Å². The lowest BCUT2D eigenvalue weighted by atomic mass is 9.88. The van der Waals surface area contributed by atoms with Crippen molar-refractivity contribution in [2.75, 3.05) is 26.7 Å². The Morgan fingerprint density at radius 1 is 1.19 bits per heavy atom. The number of carbonyl (C=O) groups excluding carboxylic acids is 1. The van der Waals surface area contributed by atoms with Crippen LogP contribution in [0.15, 0.2) is 29.4 Å². The van der Waals surface area contributed by atoms with Gasteiger partial charge in [-0.3, -0.25) is 9.79 Å². The van der Waals surface area contributed by atoms with E-state index >= 15 is 0 Å². The fraction of sp³-hybridized carbons (Fsp3) is 0.600. The molecule has 0 spiro atoms. The first-order chi connectivity index (χ1) is 15.2. The largest absolute Gasteiger partial charge is 0.361 e. The maximum absolute atomic E-state index is 12.8. The predicted molar refractivity (Wildman–Crippen MR) is 127 cm³/mol. The van der Waals surface area contributed by atoms with Crippen LogP contribution in [0.25, 0.3) is 10.9 Å². The summed E-state index contributed by atoms with van der Waals surface area (Å²) < 4.78 is 0. The summed E-state index contributed by atoms with van der Waals surface area (Å²) in [4.78, 5) is 22.7. The van der Waals surface area contributed by atoms with Crippen molar-refractivity contribution in [1.29, 1.82) is 0 Å². The third-order valence-corrected chi connectivity index (χ3v) is 6.97. The number of fused-ring (bicyclic) bond motifs is 1. The number of hydrogen-bond donors (Lipinski definition) is 3. The summed E-state index contributed by atoms with van der Waals surface area (Å²) in [5, 5.41) is 8.30. The molecule has 2 aromatic rings. The molecule has 6 heteroatoms. The average molecular weight is 424 g/mol. The van der Waals surface area contributed by atoms with E-state index < -0.39 is 0 Å². The number of aryl methyl sites for hydroxylation is 1. The van der Waals surface area contributed by atoms with E-state index in [1.807, 2.05) is 7.05 Å². The summed E-state index contributed by atoms with van der Waals surface area (Å²) in [7, 11) is 1.81. The third kappa shape index (κ3) is 5.05. The summed E-state index contributed by atoms with van der Waals surface area (Å²) in [5.74, 6) is 1.46. The van der Waals surface area contributed by atoms with Gasteiger partial charge in [-0.05, 0) is 43.2 Å². The maximum Gasteiger partial charge on any atom is 0.225 e. The molecule has 1 amide bonds. The Morgan fingerprint density at radius 2 is 2.03 bits per heavy atom. The van der Waals surface area contributed by atoms with E-state index in [2.05, 4.69) is 56.8 Å². The minimum Gasteiger partial charge on any atom is -0.361 e. The molecule has 6 nitrogen and oxygen atoms in total. The molecule has 1 aromatic carbocycles. The zero-order valence-corrected chi connectivity index (χ0v) is 19.0. The molecule has 1 aliphatic carbocycles. The van der Waals surface area contributed by atoms with Crippen LogP contribution in [0.1, 0.15) is 56.6 Å². The minimum atomic E-state index is 0.259. The van der Waals surface area contributed by atoms with Crippen molar-refractivity contribution < 1.29 is 4.79 Å². The van der Waals surface area contributed by atoms with Crippen molar-refractivity contribution in [1.82, 2.24) is 20.5 Å². The lowest BCUT2D eigenvalue weighted by molar-refractivity contribution is -0.135. The number of aromatic amines is 1. The SMILES string of the molecule is CCc1cccc2c(CCNC(=NC)NC3CCN(C(=O)C4CCCCC4)C3)c[nH]c12. The highest BCUT2D eigenvalue weighted by molar-refractivity contribution is 5.86. The zero-order valence-electron chi connectivity index (χ0n) is 19.0. The lowest BCUT2D eigenvalue weighted by Crippen LogP contribution is -2.46. The van der Waals surface area contributed by atoms with E-state index in [-0.39, 0.29) is 12.0 Å². The number of para-hydroxylation sites is 1. The Morgan fingerprint density at radius 3 is 2.81 bits per heavy atom. The van der Waals surface area contributed by atoms with E-state index in [1.54, 1.807) is 0 Å². The number of guanidine groups is 1. The van der Waals surface area contributed by atoms with Crippen molar-refractivity contribution in [3.05, 3.63) is 35.5 Å². The van der Waals surface area contributed by atoms with Crippen LogP contribution >= 0.6 is 0 Å². The average Bonchev–Trinajstić information content (AvgIpc) is 3.45. The van der Waals surface area contributed by atoms with Gasteiger partial charge in [0.15, 0.2) is 5.96 Å². The molecule has 1 saturated carbocycles. The van der Waals surface area contributed by atoms with E-state index in [0.717, 1.165) is 57.7 Å². The van der Waals surface area contributed by atoms with Gasteiger partial charge < -0.3 is 20.5 Å². The summed E-state index contributed by atoms with van der Waals surface area (Å²) in [6.07, 6.45) is 10.9. The topological polar surface area (TPSA) is 72.5 Å². The molecule has 2 fully saturated rings. The van der Waals surface area contributed by atoms with Crippen LogP contribution in [0.5, 0.6) is 0 Å². The summed E-state index contributed by atoms with van der Waals surface area (Å²) in [6, 6.07) is 6.81. The molecule has 1 unspecified atom stereocenters. The standard InChI is InChI=1S/C25H37N5O/c1-3-18-10-7-11-22-20(16-28-23(18)22)12-14-27-25(26-2)29-21-13-15-30(17-21)24(31)19-8-5-4-6-9-19/h7,10-11,16,19,21,28H,3-6,8-9,12-15,17H2,1-2H3,(H2,26,27,29). The van der Waals surface area contributed by atoms with Crippen molar-refractivity contribution >= 4 is 22.8 Å². The van der Waals surface area contributed by atoms with Gasteiger partial charge in [-0.25, -0.2) is 0 Å². The molecule has 1 saturated heterocycles.